The van der Waals surface area contributed by atoms with Crippen LogP contribution in [-0.4, -0.2) is 57.7 Å². The average Bonchev–Trinajstić information content (AvgIpc) is 3.14. The Hall–Kier alpha value is -1.54. The Balaban J connectivity index is 1.60. The molecule has 1 aliphatic heterocycles. The number of carbonyl (C=O) groups is 3. The molecule has 0 amide bonds. The monoisotopic (exact) mass is 492 g/mol. The van der Waals surface area contributed by atoms with Gasteiger partial charge in [0.2, 0.25) is 5.78 Å². The molecule has 34 heavy (non-hydrogen) atoms. The summed E-state index contributed by atoms with van der Waals surface area (Å²) in [6, 6.07) is 0. The molecule has 0 aromatic carbocycles. The van der Waals surface area contributed by atoms with Gasteiger partial charge in [0.25, 0.3) is 0 Å². The Bertz CT molecular complexity index is 1030. The van der Waals surface area contributed by atoms with Gasteiger partial charge in [0.1, 0.15) is 0 Å². The van der Waals surface area contributed by atoms with Crippen LogP contribution < -0.4 is 0 Å². The van der Waals surface area contributed by atoms with Gasteiger partial charge in [-0.1, -0.05) is 25.5 Å². The number of Topliss-reactive ketones (excluding diaryl/α,β-unsaturated/α-hetero) is 1. The molecular formula is C26H33ClO7. The lowest BCUT2D eigenvalue weighted by atomic mass is 9.45. The Morgan fingerprint density at radius 2 is 1.94 bits per heavy atom. The number of rotatable bonds is 3. The van der Waals surface area contributed by atoms with Crippen LogP contribution in [0.1, 0.15) is 60.3 Å². The molecule has 4 aliphatic carbocycles. The van der Waals surface area contributed by atoms with Crippen molar-refractivity contribution in [1.82, 2.24) is 0 Å². The Labute approximate surface area is 204 Å². The average molecular weight is 493 g/mol. The second-order valence-corrected chi connectivity index (χ2v) is 12.2. The van der Waals surface area contributed by atoms with Crippen LogP contribution in [0.3, 0.4) is 0 Å². The smallest absolute Gasteiger partial charge is 0.303 e. The number of ketones is 2. The number of halogens is 1. The van der Waals surface area contributed by atoms with Crippen LogP contribution in [0.5, 0.6) is 0 Å². The molecule has 0 bridgehead atoms. The molecule has 4 fully saturated rings. The van der Waals surface area contributed by atoms with Gasteiger partial charge in [-0.3, -0.25) is 14.4 Å². The van der Waals surface area contributed by atoms with Crippen molar-refractivity contribution in [3.63, 3.8) is 0 Å². The Morgan fingerprint density at radius 3 is 2.62 bits per heavy atom. The third-order valence-electron chi connectivity index (χ3n) is 9.45. The first-order valence-electron chi connectivity index (χ1n) is 12.1. The summed E-state index contributed by atoms with van der Waals surface area (Å²) in [5.41, 5.74) is -1.87. The second-order valence-electron chi connectivity index (χ2n) is 11.5. The van der Waals surface area contributed by atoms with E-state index in [0.29, 0.717) is 19.3 Å². The minimum absolute atomic E-state index is 0.0595. The molecule has 3 saturated carbocycles. The summed E-state index contributed by atoms with van der Waals surface area (Å²) in [6.07, 6.45) is 5.70. The molecule has 8 atom stereocenters. The lowest BCUT2D eigenvalue weighted by molar-refractivity contribution is -0.223. The van der Waals surface area contributed by atoms with E-state index < -0.39 is 51.9 Å². The van der Waals surface area contributed by atoms with Crippen LogP contribution >= 0.6 is 11.6 Å². The number of ether oxygens (including phenoxy) is 3. The van der Waals surface area contributed by atoms with E-state index >= 15 is 0 Å². The number of aliphatic hydroxyl groups is 1. The first-order valence-corrected chi connectivity index (χ1v) is 12.4. The van der Waals surface area contributed by atoms with Gasteiger partial charge in [0.05, 0.1) is 17.1 Å². The van der Waals surface area contributed by atoms with Crippen molar-refractivity contribution in [3.8, 4) is 0 Å². The van der Waals surface area contributed by atoms with Gasteiger partial charge in [-0.25, -0.2) is 0 Å². The number of allylic oxidation sites excluding steroid dienone is 4. The highest BCUT2D eigenvalue weighted by molar-refractivity contribution is 6.26. The van der Waals surface area contributed by atoms with E-state index in [0.717, 1.165) is 5.57 Å². The number of hydrogen-bond donors (Lipinski definition) is 1. The van der Waals surface area contributed by atoms with Gasteiger partial charge >= 0.3 is 5.97 Å². The van der Waals surface area contributed by atoms with Crippen LogP contribution in [0.25, 0.3) is 0 Å². The van der Waals surface area contributed by atoms with Gasteiger partial charge in [-0.15, -0.1) is 11.6 Å². The maximum absolute atomic E-state index is 13.7. The third kappa shape index (κ3) is 2.84. The summed E-state index contributed by atoms with van der Waals surface area (Å²) in [6.45, 7) is 8.40. The summed E-state index contributed by atoms with van der Waals surface area (Å²) in [4.78, 5) is 36.2. The number of fused-ring (bicyclic) bond motifs is 7. The topological polar surface area (TPSA) is 99.1 Å². The highest BCUT2D eigenvalue weighted by Crippen LogP contribution is 2.72. The molecule has 1 N–H and O–H groups in total. The van der Waals surface area contributed by atoms with Crippen LogP contribution in [0, 0.1) is 22.7 Å². The Morgan fingerprint density at radius 1 is 1.24 bits per heavy atom. The zero-order valence-corrected chi connectivity index (χ0v) is 21.1. The molecule has 0 radical (unpaired) electrons. The van der Waals surface area contributed by atoms with E-state index in [1.54, 1.807) is 26.0 Å². The summed E-state index contributed by atoms with van der Waals surface area (Å²) >= 11 is 7.47. The van der Waals surface area contributed by atoms with E-state index in [9.17, 15) is 19.5 Å². The fourth-order valence-electron chi connectivity index (χ4n) is 8.08. The standard InChI is InChI=1S/C26H33ClO7/c1-14(28)32-13-20(31)26-21(33-22(2,3)34-26)11-18-17-7-6-15-10-16(29)8-9-23(15,4)25(17,27)19(30)12-24(18,26)5/h8-10,17-19,21,30H,6-7,11-13H2,1-5H3/t17-,18-,19-,21+,23-,24-,25-,26+/m0/s1. The summed E-state index contributed by atoms with van der Waals surface area (Å²) in [5.74, 6) is -2.14. The molecule has 0 spiro atoms. The highest BCUT2D eigenvalue weighted by Gasteiger charge is 2.79. The van der Waals surface area contributed by atoms with E-state index in [1.165, 1.54) is 6.92 Å². The van der Waals surface area contributed by atoms with Crippen LogP contribution in [0.2, 0.25) is 0 Å². The lowest BCUT2D eigenvalue weighted by Gasteiger charge is -2.64. The summed E-state index contributed by atoms with van der Waals surface area (Å²) in [7, 11) is 0. The molecular weight excluding hydrogens is 460 g/mol. The fourth-order valence-corrected chi connectivity index (χ4v) is 8.61. The zero-order chi connectivity index (χ0) is 24.9. The van der Waals surface area contributed by atoms with E-state index in [-0.39, 0.29) is 29.8 Å². The van der Waals surface area contributed by atoms with Gasteiger partial charge in [-0.2, -0.15) is 0 Å². The molecule has 5 aliphatic rings. The molecule has 5 rings (SSSR count). The number of hydrogen-bond acceptors (Lipinski definition) is 7. The van der Waals surface area contributed by atoms with Crippen molar-refractivity contribution in [1.29, 1.82) is 0 Å². The zero-order valence-electron chi connectivity index (χ0n) is 20.4. The van der Waals surface area contributed by atoms with Crippen molar-refractivity contribution in [2.45, 2.75) is 88.8 Å². The second kappa shape index (κ2) is 7.25. The lowest BCUT2D eigenvalue weighted by Crippen LogP contribution is -2.69. The van der Waals surface area contributed by atoms with E-state index in [1.807, 2.05) is 19.9 Å². The van der Waals surface area contributed by atoms with Gasteiger partial charge in [-0.05, 0) is 63.5 Å². The van der Waals surface area contributed by atoms with Gasteiger partial charge in [0, 0.05) is 17.8 Å². The van der Waals surface area contributed by atoms with Crippen molar-refractivity contribution in [2.75, 3.05) is 6.61 Å². The van der Waals surface area contributed by atoms with Crippen molar-refractivity contribution >= 4 is 29.1 Å². The normalized spacial score (nSPS) is 48.3. The minimum Gasteiger partial charge on any atom is -0.458 e. The van der Waals surface area contributed by atoms with E-state index in [2.05, 4.69) is 0 Å². The van der Waals surface area contributed by atoms with E-state index in [4.69, 9.17) is 25.8 Å². The Kier molecular flexibility index (Phi) is 5.15. The highest BCUT2D eigenvalue weighted by atomic mass is 35.5. The quantitative estimate of drug-likeness (QED) is 0.477. The predicted molar refractivity (Wildman–Crippen MR) is 123 cm³/mol. The van der Waals surface area contributed by atoms with Gasteiger partial charge in [0.15, 0.2) is 23.8 Å². The first kappa shape index (κ1) is 24.2. The molecule has 7 nitrogen and oxygen atoms in total. The molecule has 1 saturated heterocycles. The number of esters is 1. The summed E-state index contributed by atoms with van der Waals surface area (Å²) in [5, 5.41) is 11.7. The molecule has 0 unspecified atom stereocenters. The maximum atomic E-state index is 13.7. The fraction of sp³-hybridized carbons (Fsp3) is 0.731. The van der Waals surface area contributed by atoms with Crippen molar-refractivity contribution in [2.24, 2.45) is 22.7 Å². The SMILES string of the molecule is CC(=O)OCC(=O)[C@@]12OC(C)(C)O[C@@H]1C[C@H]1[C@@H]3CCC4=CC(=O)C=C[C@]4(C)[C@@]3(Cl)[C@@H](O)C[C@@]12C. The third-order valence-corrected chi connectivity index (χ3v) is 10.4. The van der Waals surface area contributed by atoms with Crippen molar-refractivity contribution in [3.05, 3.63) is 23.8 Å². The van der Waals surface area contributed by atoms with Crippen LogP contribution in [-0.2, 0) is 28.6 Å². The molecule has 0 aromatic heterocycles. The number of alkyl halides is 1. The molecule has 8 heteroatoms. The summed E-state index contributed by atoms with van der Waals surface area (Å²) < 4.78 is 17.8. The molecule has 0 aromatic rings. The van der Waals surface area contributed by atoms with Gasteiger partial charge < -0.3 is 19.3 Å². The van der Waals surface area contributed by atoms with Crippen LogP contribution in [0.4, 0.5) is 0 Å². The number of carbonyl (C=O) groups excluding carboxylic acids is 3. The molecule has 186 valence electrons. The maximum Gasteiger partial charge on any atom is 0.303 e. The first-order chi connectivity index (χ1) is 15.7. The largest absolute Gasteiger partial charge is 0.458 e. The minimum atomic E-state index is -1.36. The predicted octanol–water partition coefficient (Wildman–Crippen LogP) is 3.26. The number of aliphatic hydroxyl groups excluding tert-OH is 1. The van der Waals surface area contributed by atoms with Crippen LogP contribution in [0.15, 0.2) is 23.8 Å². The molecule has 1 heterocycles. The van der Waals surface area contributed by atoms with Crippen molar-refractivity contribution < 1.29 is 33.7 Å².